The molecule has 254 valence electrons. The van der Waals surface area contributed by atoms with E-state index in [2.05, 4.69) is 228 Å². The predicted octanol–water partition coefficient (Wildman–Crippen LogP) is 14.4. The predicted molar refractivity (Wildman–Crippen MR) is 229 cm³/mol. The number of aromatic nitrogens is 1. The van der Waals surface area contributed by atoms with Gasteiger partial charge in [-0.2, -0.15) is 0 Å². The van der Waals surface area contributed by atoms with Gasteiger partial charge in [0.2, 0.25) is 0 Å². The molecule has 0 radical (unpaired) electrons. The Labute approximate surface area is 315 Å². The molecule has 10 rings (SSSR count). The summed E-state index contributed by atoms with van der Waals surface area (Å²) < 4.78 is 2.40. The lowest BCUT2D eigenvalue weighted by Gasteiger charge is -2.28. The number of nitrogens with zero attached hydrogens (tertiary/aromatic N) is 2. The third-order valence-corrected chi connectivity index (χ3v) is 10.6. The van der Waals surface area contributed by atoms with Crippen LogP contribution in [0.15, 0.2) is 218 Å². The summed E-state index contributed by atoms with van der Waals surface area (Å²) in [5.41, 5.74) is 14.0. The Kier molecular flexibility index (Phi) is 7.85. The Hall–Kier alpha value is -7.16. The van der Waals surface area contributed by atoms with Gasteiger partial charge in [-0.15, -0.1) is 0 Å². The van der Waals surface area contributed by atoms with Crippen molar-refractivity contribution in [1.29, 1.82) is 0 Å². The van der Waals surface area contributed by atoms with Crippen molar-refractivity contribution in [3.05, 3.63) is 218 Å². The minimum absolute atomic E-state index is 1.09. The van der Waals surface area contributed by atoms with Crippen LogP contribution in [0, 0.1) is 0 Å². The number of rotatable bonds is 7. The lowest BCUT2D eigenvalue weighted by molar-refractivity contribution is 1.17. The van der Waals surface area contributed by atoms with Crippen molar-refractivity contribution >= 4 is 49.6 Å². The van der Waals surface area contributed by atoms with Crippen LogP contribution in [-0.2, 0) is 0 Å². The van der Waals surface area contributed by atoms with Crippen molar-refractivity contribution < 1.29 is 0 Å². The Morgan fingerprint density at radius 1 is 0.315 bits per heavy atom. The minimum atomic E-state index is 1.09. The second-order valence-corrected chi connectivity index (χ2v) is 13.8. The molecular formula is C52H36N2. The molecular weight excluding hydrogens is 653 g/mol. The van der Waals surface area contributed by atoms with E-state index in [9.17, 15) is 0 Å². The van der Waals surface area contributed by atoms with Gasteiger partial charge in [0.25, 0.3) is 0 Å². The van der Waals surface area contributed by atoms with E-state index in [0.29, 0.717) is 0 Å². The second kappa shape index (κ2) is 13.4. The molecule has 0 saturated carbocycles. The summed E-state index contributed by atoms with van der Waals surface area (Å²) in [5, 5.41) is 5.09. The molecule has 0 fully saturated rings. The summed E-state index contributed by atoms with van der Waals surface area (Å²) in [4.78, 5) is 2.38. The van der Waals surface area contributed by atoms with Gasteiger partial charge in [0.15, 0.2) is 0 Å². The van der Waals surface area contributed by atoms with Crippen molar-refractivity contribution in [3.63, 3.8) is 0 Å². The second-order valence-electron chi connectivity index (χ2n) is 13.8. The summed E-state index contributed by atoms with van der Waals surface area (Å²) >= 11 is 0. The molecule has 0 spiro atoms. The first-order valence-corrected chi connectivity index (χ1v) is 18.5. The van der Waals surface area contributed by atoms with Gasteiger partial charge < -0.3 is 9.47 Å². The molecule has 0 amide bonds. The van der Waals surface area contributed by atoms with E-state index in [-0.39, 0.29) is 0 Å². The molecule has 10 aromatic rings. The number of para-hydroxylation sites is 2. The van der Waals surface area contributed by atoms with Crippen LogP contribution in [0.2, 0.25) is 0 Å². The molecule has 0 aliphatic heterocycles. The van der Waals surface area contributed by atoms with E-state index >= 15 is 0 Å². The SMILES string of the molecule is c1ccc(-c2ccc(-c3ccc(N(c4ccc(-n5c6ccccc6c6c7ccccc7ccc65)cc4)c4ccccc4-c4ccccc4)cc3)cc2)cc1. The summed E-state index contributed by atoms with van der Waals surface area (Å²) in [7, 11) is 0. The number of hydrogen-bond acceptors (Lipinski definition) is 1. The summed E-state index contributed by atoms with van der Waals surface area (Å²) in [6, 6.07) is 78.7. The quantitative estimate of drug-likeness (QED) is 0.162. The van der Waals surface area contributed by atoms with Crippen molar-refractivity contribution in [3.8, 4) is 39.1 Å². The molecule has 1 heterocycles. The van der Waals surface area contributed by atoms with E-state index in [1.807, 2.05) is 0 Å². The van der Waals surface area contributed by atoms with E-state index in [4.69, 9.17) is 0 Å². The van der Waals surface area contributed by atoms with Crippen molar-refractivity contribution in [2.45, 2.75) is 0 Å². The number of hydrogen-bond donors (Lipinski definition) is 0. The van der Waals surface area contributed by atoms with E-state index < -0.39 is 0 Å². The zero-order valence-corrected chi connectivity index (χ0v) is 29.7. The van der Waals surface area contributed by atoms with Gasteiger partial charge in [-0.05, 0) is 93.2 Å². The number of benzene rings is 9. The van der Waals surface area contributed by atoms with Gasteiger partial charge in [-0.1, -0.05) is 164 Å². The van der Waals surface area contributed by atoms with Crippen molar-refractivity contribution in [2.24, 2.45) is 0 Å². The molecule has 2 heteroatoms. The largest absolute Gasteiger partial charge is 0.310 e. The van der Waals surface area contributed by atoms with Gasteiger partial charge >= 0.3 is 0 Å². The molecule has 0 saturated heterocycles. The standard InChI is InChI=1S/C52H36N2/c1-3-13-37(14-4-1)38-23-25-39(26-24-38)40-27-30-43(31-28-40)53(49-21-11-9-18-46(49)41-15-5-2-6-16-41)44-32-34-45(35-33-44)54-50-22-12-10-20-48(50)52-47-19-8-7-17-42(47)29-36-51(52)54/h1-36H. The van der Waals surface area contributed by atoms with Gasteiger partial charge in [-0.25, -0.2) is 0 Å². The Morgan fingerprint density at radius 3 is 1.50 bits per heavy atom. The van der Waals surface area contributed by atoms with Gasteiger partial charge in [0.1, 0.15) is 0 Å². The summed E-state index contributed by atoms with van der Waals surface area (Å²) in [5.74, 6) is 0. The lowest BCUT2D eigenvalue weighted by atomic mass is 9.99. The molecule has 9 aromatic carbocycles. The third-order valence-electron chi connectivity index (χ3n) is 10.6. The Balaban J connectivity index is 1.08. The van der Waals surface area contributed by atoms with Crippen LogP contribution in [0.4, 0.5) is 17.1 Å². The van der Waals surface area contributed by atoms with Crippen LogP contribution in [0.3, 0.4) is 0 Å². The number of anilines is 3. The zero-order chi connectivity index (χ0) is 35.8. The highest BCUT2D eigenvalue weighted by molar-refractivity contribution is 6.21. The average Bonchev–Trinajstić information content (AvgIpc) is 3.60. The van der Waals surface area contributed by atoms with E-state index in [0.717, 1.165) is 22.7 Å². The first-order chi connectivity index (χ1) is 26.8. The minimum Gasteiger partial charge on any atom is -0.310 e. The van der Waals surface area contributed by atoms with E-state index in [1.54, 1.807) is 0 Å². The van der Waals surface area contributed by atoms with Gasteiger partial charge in [-0.3, -0.25) is 0 Å². The molecule has 0 N–H and O–H groups in total. The third kappa shape index (κ3) is 5.53. The molecule has 2 nitrogen and oxygen atoms in total. The molecule has 1 aromatic heterocycles. The number of fused-ring (bicyclic) bond motifs is 5. The monoisotopic (exact) mass is 688 g/mol. The summed E-state index contributed by atoms with van der Waals surface area (Å²) in [6.45, 7) is 0. The van der Waals surface area contributed by atoms with Crippen LogP contribution in [0.1, 0.15) is 0 Å². The Bertz CT molecular complexity index is 2890. The summed E-state index contributed by atoms with van der Waals surface area (Å²) in [6.07, 6.45) is 0. The molecule has 54 heavy (non-hydrogen) atoms. The molecule has 0 unspecified atom stereocenters. The maximum absolute atomic E-state index is 2.40. The van der Waals surface area contributed by atoms with Crippen molar-refractivity contribution in [2.75, 3.05) is 4.90 Å². The zero-order valence-electron chi connectivity index (χ0n) is 29.7. The molecule has 0 bridgehead atoms. The van der Waals surface area contributed by atoms with Crippen LogP contribution in [0.25, 0.3) is 71.6 Å². The van der Waals surface area contributed by atoms with Gasteiger partial charge in [0, 0.05) is 33.4 Å². The van der Waals surface area contributed by atoms with Crippen molar-refractivity contribution in [1.82, 2.24) is 4.57 Å². The highest BCUT2D eigenvalue weighted by atomic mass is 15.1. The maximum atomic E-state index is 2.40. The fourth-order valence-electron chi connectivity index (χ4n) is 8.01. The highest BCUT2D eigenvalue weighted by Gasteiger charge is 2.19. The van der Waals surface area contributed by atoms with Gasteiger partial charge in [0.05, 0.1) is 16.7 Å². The van der Waals surface area contributed by atoms with Crippen LogP contribution in [-0.4, -0.2) is 4.57 Å². The Morgan fingerprint density at radius 2 is 0.815 bits per heavy atom. The average molecular weight is 689 g/mol. The lowest BCUT2D eigenvalue weighted by Crippen LogP contribution is -2.11. The molecule has 0 aliphatic rings. The highest BCUT2D eigenvalue weighted by Crippen LogP contribution is 2.42. The fraction of sp³-hybridized carbons (Fsp3) is 0. The maximum Gasteiger partial charge on any atom is 0.0547 e. The normalized spacial score (nSPS) is 11.3. The first kappa shape index (κ1) is 31.6. The van der Waals surface area contributed by atoms with Crippen LogP contribution < -0.4 is 4.90 Å². The van der Waals surface area contributed by atoms with Crippen LogP contribution >= 0.6 is 0 Å². The first-order valence-electron chi connectivity index (χ1n) is 18.5. The van der Waals surface area contributed by atoms with E-state index in [1.165, 1.54) is 66.0 Å². The fourth-order valence-corrected chi connectivity index (χ4v) is 8.01. The van der Waals surface area contributed by atoms with Crippen LogP contribution in [0.5, 0.6) is 0 Å². The smallest absolute Gasteiger partial charge is 0.0547 e. The topological polar surface area (TPSA) is 8.17 Å². The molecule has 0 atom stereocenters. The molecule has 0 aliphatic carbocycles.